The molecule has 4 heteroatoms. The summed E-state index contributed by atoms with van der Waals surface area (Å²) in [6, 6.07) is 6.02. The van der Waals surface area contributed by atoms with Gasteiger partial charge in [-0.3, -0.25) is 0 Å². The molecule has 1 aliphatic heterocycles. The van der Waals surface area contributed by atoms with Crippen LogP contribution in [0.15, 0.2) is 29.6 Å². The Morgan fingerprint density at radius 3 is 3.14 bits per heavy atom. The van der Waals surface area contributed by atoms with Crippen LogP contribution in [-0.4, -0.2) is 15.5 Å². The Morgan fingerprint density at radius 2 is 2.36 bits per heavy atom. The summed E-state index contributed by atoms with van der Waals surface area (Å²) in [6.45, 7) is 2.06. The van der Waals surface area contributed by atoms with Gasteiger partial charge in [-0.1, -0.05) is 5.16 Å². The molecule has 14 heavy (non-hydrogen) atoms. The highest BCUT2D eigenvalue weighted by atomic mass is 32.1. The Labute approximate surface area is 84.9 Å². The Bertz CT molecular complexity index is 536. The molecule has 0 atom stereocenters. The third kappa shape index (κ3) is 0.786. The van der Waals surface area contributed by atoms with Crippen LogP contribution in [0.2, 0.25) is 0 Å². The molecule has 2 aromatic rings. The molecule has 0 saturated heterocycles. The van der Waals surface area contributed by atoms with Gasteiger partial charge in [-0.25, -0.2) is 0 Å². The fourth-order valence-electron chi connectivity index (χ4n) is 1.85. The van der Waals surface area contributed by atoms with E-state index in [9.17, 15) is 0 Å². The minimum atomic E-state index is 0.683. The number of rotatable bonds is 0. The molecule has 1 aliphatic rings. The highest BCUT2D eigenvalue weighted by Gasteiger charge is 2.26. The summed E-state index contributed by atoms with van der Waals surface area (Å²) >= 11 is 1.66. The maximum atomic E-state index is 8.97. The van der Waals surface area contributed by atoms with Crippen LogP contribution < -0.4 is 0 Å². The van der Waals surface area contributed by atoms with Crippen molar-refractivity contribution >= 4 is 17.0 Å². The zero-order valence-electron chi connectivity index (χ0n) is 7.56. The molecule has 2 aromatic heterocycles. The summed E-state index contributed by atoms with van der Waals surface area (Å²) in [7, 11) is 0. The highest BCUT2D eigenvalue weighted by Crippen LogP contribution is 2.34. The van der Waals surface area contributed by atoms with E-state index in [-0.39, 0.29) is 0 Å². The van der Waals surface area contributed by atoms with E-state index >= 15 is 0 Å². The Hall–Kier alpha value is -1.55. The van der Waals surface area contributed by atoms with Gasteiger partial charge in [-0.2, -0.15) is 0 Å². The first-order chi connectivity index (χ1) is 6.81. The highest BCUT2D eigenvalue weighted by molar-refractivity contribution is 7.14. The topological polar surface area (TPSA) is 37.5 Å². The maximum Gasteiger partial charge on any atom is 0.145 e. The molecular formula is C10H8N2OS. The second-order valence-corrected chi connectivity index (χ2v) is 4.54. The van der Waals surface area contributed by atoms with Gasteiger partial charge in [0.1, 0.15) is 5.71 Å². The van der Waals surface area contributed by atoms with Crippen molar-refractivity contribution in [1.29, 1.82) is 0 Å². The summed E-state index contributed by atoms with van der Waals surface area (Å²) in [5.74, 6) is 0. The lowest BCUT2D eigenvalue weighted by Gasteiger charge is -1.95. The van der Waals surface area contributed by atoms with E-state index in [4.69, 9.17) is 5.21 Å². The van der Waals surface area contributed by atoms with E-state index in [0.717, 1.165) is 16.3 Å². The summed E-state index contributed by atoms with van der Waals surface area (Å²) in [6.07, 6.45) is 1.98. The fraction of sp³-hybridized carbons (Fsp3) is 0.100. The Kier molecular flexibility index (Phi) is 1.39. The minimum Gasteiger partial charge on any atom is -0.410 e. The van der Waals surface area contributed by atoms with Crippen molar-refractivity contribution in [3.63, 3.8) is 0 Å². The van der Waals surface area contributed by atoms with E-state index in [1.807, 2.05) is 22.9 Å². The quantitative estimate of drug-likeness (QED) is 0.443. The van der Waals surface area contributed by atoms with Crippen molar-refractivity contribution in [2.24, 2.45) is 5.16 Å². The van der Waals surface area contributed by atoms with Crippen LogP contribution in [0.4, 0.5) is 0 Å². The standard InChI is InChI=1S/C10H8N2OS/c1-6-5-8-10(14-6)9(11-13)7-3-2-4-12(7)8/h2-5,13H,1H3. The first-order valence-corrected chi connectivity index (χ1v) is 5.14. The normalized spacial score (nSPS) is 15.9. The zero-order chi connectivity index (χ0) is 9.71. The van der Waals surface area contributed by atoms with Crippen LogP contribution in [0.25, 0.3) is 5.69 Å². The van der Waals surface area contributed by atoms with Crippen molar-refractivity contribution in [1.82, 2.24) is 4.57 Å². The lowest BCUT2D eigenvalue weighted by molar-refractivity contribution is 0.320. The molecule has 0 bridgehead atoms. The molecule has 0 fully saturated rings. The predicted octanol–water partition coefficient (Wildman–Crippen LogP) is 2.39. The summed E-state index contributed by atoms with van der Waals surface area (Å²) in [5.41, 5.74) is 2.78. The van der Waals surface area contributed by atoms with Crippen molar-refractivity contribution in [3.05, 3.63) is 39.8 Å². The number of hydrogen-bond donors (Lipinski definition) is 1. The van der Waals surface area contributed by atoms with Crippen LogP contribution in [0.1, 0.15) is 15.4 Å². The van der Waals surface area contributed by atoms with Gasteiger partial charge in [0.15, 0.2) is 0 Å². The monoisotopic (exact) mass is 204 g/mol. The molecule has 3 rings (SSSR count). The Morgan fingerprint density at radius 1 is 1.50 bits per heavy atom. The largest absolute Gasteiger partial charge is 0.410 e. The van der Waals surface area contributed by atoms with Gasteiger partial charge >= 0.3 is 0 Å². The number of oxime groups is 1. The second-order valence-electron chi connectivity index (χ2n) is 3.28. The molecule has 70 valence electrons. The van der Waals surface area contributed by atoms with Gasteiger partial charge < -0.3 is 9.77 Å². The first kappa shape index (κ1) is 7.82. The molecule has 0 radical (unpaired) electrons. The molecule has 0 saturated carbocycles. The van der Waals surface area contributed by atoms with Gasteiger partial charge in [0.05, 0.1) is 16.3 Å². The summed E-state index contributed by atoms with van der Waals surface area (Å²) in [5, 5.41) is 12.3. The second kappa shape index (κ2) is 2.48. The smallest absolute Gasteiger partial charge is 0.145 e. The summed E-state index contributed by atoms with van der Waals surface area (Å²) in [4.78, 5) is 2.29. The molecule has 0 aromatic carbocycles. The van der Waals surface area contributed by atoms with Crippen LogP contribution in [0.5, 0.6) is 0 Å². The van der Waals surface area contributed by atoms with Crippen molar-refractivity contribution in [3.8, 4) is 5.69 Å². The van der Waals surface area contributed by atoms with Crippen LogP contribution in [-0.2, 0) is 0 Å². The summed E-state index contributed by atoms with van der Waals surface area (Å²) < 4.78 is 2.05. The van der Waals surface area contributed by atoms with Crippen LogP contribution >= 0.6 is 11.3 Å². The average molecular weight is 204 g/mol. The van der Waals surface area contributed by atoms with E-state index in [1.54, 1.807) is 11.3 Å². The number of aromatic nitrogens is 1. The van der Waals surface area contributed by atoms with E-state index in [0.29, 0.717) is 5.71 Å². The average Bonchev–Trinajstić information content (AvgIpc) is 2.76. The van der Waals surface area contributed by atoms with E-state index in [2.05, 4.69) is 18.1 Å². The van der Waals surface area contributed by atoms with Crippen LogP contribution in [0, 0.1) is 6.92 Å². The van der Waals surface area contributed by atoms with Gasteiger partial charge in [0.2, 0.25) is 0 Å². The SMILES string of the molecule is Cc1cc2c(s1)C(=NO)c1cccn1-2. The molecule has 0 amide bonds. The molecular weight excluding hydrogens is 196 g/mol. The Balaban J connectivity index is 2.40. The lowest BCUT2D eigenvalue weighted by Crippen LogP contribution is -1.96. The molecule has 3 heterocycles. The first-order valence-electron chi connectivity index (χ1n) is 4.32. The third-order valence-corrected chi connectivity index (χ3v) is 3.45. The van der Waals surface area contributed by atoms with Crippen molar-refractivity contribution < 1.29 is 5.21 Å². The van der Waals surface area contributed by atoms with Crippen LogP contribution in [0.3, 0.4) is 0 Å². The molecule has 0 spiro atoms. The number of fused-ring (bicyclic) bond motifs is 3. The van der Waals surface area contributed by atoms with Crippen molar-refractivity contribution in [2.75, 3.05) is 0 Å². The van der Waals surface area contributed by atoms with Crippen molar-refractivity contribution in [2.45, 2.75) is 6.92 Å². The zero-order valence-corrected chi connectivity index (χ0v) is 8.38. The predicted molar refractivity (Wildman–Crippen MR) is 55.8 cm³/mol. The molecule has 0 aliphatic carbocycles. The van der Waals surface area contributed by atoms with E-state index < -0.39 is 0 Å². The molecule has 3 nitrogen and oxygen atoms in total. The van der Waals surface area contributed by atoms with Gasteiger partial charge in [-0.15, -0.1) is 11.3 Å². The van der Waals surface area contributed by atoms with E-state index in [1.165, 1.54) is 4.88 Å². The van der Waals surface area contributed by atoms with Gasteiger partial charge in [-0.05, 0) is 25.1 Å². The minimum absolute atomic E-state index is 0.683. The van der Waals surface area contributed by atoms with Gasteiger partial charge in [0, 0.05) is 11.1 Å². The fourth-order valence-corrected chi connectivity index (χ4v) is 2.84. The number of nitrogens with zero attached hydrogens (tertiary/aromatic N) is 2. The van der Waals surface area contributed by atoms with Gasteiger partial charge in [0.25, 0.3) is 0 Å². The number of thiophene rings is 1. The lowest BCUT2D eigenvalue weighted by atomic mass is 10.2. The number of hydrogen-bond acceptors (Lipinski definition) is 3. The maximum absolute atomic E-state index is 8.97. The molecule has 1 N–H and O–H groups in total. The third-order valence-electron chi connectivity index (χ3n) is 2.40. The molecule has 0 unspecified atom stereocenters. The number of aryl methyl sites for hydroxylation is 1.